The van der Waals surface area contributed by atoms with E-state index in [4.69, 9.17) is 0 Å². The lowest BCUT2D eigenvalue weighted by molar-refractivity contribution is -0.710. The van der Waals surface area contributed by atoms with Crippen LogP contribution in [0.5, 0.6) is 0 Å². The molecule has 1 aromatic heterocycles. The Morgan fingerprint density at radius 2 is 2.33 bits per heavy atom. The normalized spacial score (nSPS) is 18.8. The first kappa shape index (κ1) is 11.7. The number of fused-ring (bicyclic) bond motifs is 2. The molecular formula is C14H17N2OS+. The Bertz CT molecular complexity index is 593. The van der Waals surface area contributed by atoms with Crippen LogP contribution < -0.4 is 0 Å². The van der Waals surface area contributed by atoms with E-state index in [-0.39, 0.29) is 0 Å². The minimum atomic E-state index is 0.674. The molecule has 1 aliphatic heterocycles. The molecule has 18 heavy (non-hydrogen) atoms. The van der Waals surface area contributed by atoms with E-state index in [1.165, 1.54) is 15.2 Å². The SMILES string of the molecule is CCc1cc2c(s1)[N+](O)=C1CCC=C(C)C1=NC2. The lowest BCUT2D eigenvalue weighted by Gasteiger charge is -2.09. The fourth-order valence-corrected chi connectivity index (χ4v) is 3.56. The fraction of sp³-hybridized carbons (Fsp3) is 0.429. The molecule has 0 saturated carbocycles. The first-order valence-electron chi connectivity index (χ1n) is 6.39. The second-order valence-electron chi connectivity index (χ2n) is 4.75. The minimum absolute atomic E-state index is 0.674. The monoisotopic (exact) mass is 261 g/mol. The van der Waals surface area contributed by atoms with E-state index >= 15 is 0 Å². The molecule has 0 saturated heterocycles. The summed E-state index contributed by atoms with van der Waals surface area (Å²) in [5, 5.41) is 11.4. The summed E-state index contributed by atoms with van der Waals surface area (Å²) >= 11 is 1.68. The van der Waals surface area contributed by atoms with E-state index in [9.17, 15) is 5.21 Å². The third-order valence-electron chi connectivity index (χ3n) is 3.52. The Balaban J connectivity index is 2.16. The third-order valence-corrected chi connectivity index (χ3v) is 4.82. The summed E-state index contributed by atoms with van der Waals surface area (Å²) in [5.41, 5.74) is 4.26. The van der Waals surface area contributed by atoms with Gasteiger partial charge in [0.25, 0.3) is 5.71 Å². The molecule has 3 nitrogen and oxygen atoms in total. The second kappa shape index (κ2) is 4.35. The van der Waals surface area contributed by atoms with Crippen molar-refractivity contribution < 1.29 is 9.95 Å². The third kappa shape index (κ3) is 1.72. The van der Waals surface area contributed by atoms with Crippen molar-refractivity contribution in [2.75, 3.05) is 0 Å². The van der Waals surface area contributed by atoms with Crippen LogP contribution in [0.25, 0.3) is 0 Å². The van der Waals surface area contributed by atoms with Crippen molar-refractivity contribution in [3.05, 3.63) is 28.2 Å². The van der Waals surface area contributed by atoms with Gasteiger partial charge in [-0.05, 0) is 31.4 Å². The highest BCUT2D eigenvalue weighted by Crippen LogP contribution is 2.33. The van der Waals surface area contributed by atoms with E-state index in [0.29, 0.717) is 6.54 Å². The molecule has 94 valence electrons. The van der Waals surface area contributed by atoms with Gasteiger partial charge in [-0.15, -0.1) is 0 Å². The quantitative estimate of drug-likeness (QED) is 0.609. The molecule has 0 spiro atoms. The number of hydrogen-bond acceptors (Lipinski definition) is 3. The molecule has 1 N–H and O–H groups in total. The zero-order valence-corrected chi connectivity index (χ0v) is 11.5. The first-order valence-corrected chi connectivity index (χ1v) is 7.20. The van der Waals surface area contributed by atoms with Crippen molar-refractivity contribution in [2.45, 2.75) is 39.7 Å². The molecule has 1 aromatic rings. The summed E-state index contributed by atoms with van der Waals surface area (Å²) in [6.07, 6.45) is 5.06. The van der Waals surface area contributed by atoms with E-state index in [0.717, 1.165) is 41.3 Å². The highest BCUT2D eigenvalue weighted by atomic mass is 32.1. The maximum absolute atomic E-state index is 10.5. The lowest BCUT2D eigenvalue weighted by atomic mass is 9.96. The van der Waals surface area contributed by atoms with Crippen LogP contribution in [0.4, 0.5) is 5.00 Å². The molecule has 3 rings (SSSR count). The van der Waals surface area contributed by atoms with Gasteiger partial charge in [0.1, 0.15) is 5.71 Å². The summed E-state index contributed by atoms with van der Waals surface area (Å²) < 4.78 is 1.38. The van der Waals surface area contributed by atoms with Crippen LogP contribution in [0.3, 0.4) is 0 Å². The predicted octanol–water partition coefficient (Wildman–Crippen LogP) is 3.48. The maximum Gasteiger partial charge on any atom is 0.317 e. The Morgan fingerprint density at radius 1 is 1.50 bits per heavy atom. The van der Waals surface area contributed by atoms with Gasteiger partial charge in [0.15, 0.2) is 0 Å². The summed E-state index contributed by atoms with van der Waals surface area (Å²) in [6, 6.07) is 2.17. The number of aliphatic imine (C=N–C) groups is 1. The van der Waals surface area contributed by atoms with Crippen LogP contribution in [0.1, 0.15) is 37.1 Å². The van der Waals surface area contributed by atoms with Gasteiger partial charge in [-0.2, -0.15) is 0 Å². The Kier molecular flexibility index (Phi) is 2.82. The van der Waals surface area contributed by atoms with Crippen LogP contribution in [-0.2, 0) is 13.0 Å². The summed E-state index contributed by atoms with van der Waals surface area (Å²) in [5.74, 6) is 0. The first-order chi connectivity index (χ1) is 8.70. The van der Waals surface area contributed by atoms with Crippen molar-refractivity contribution in [1.29, 1.82) is 0 Å². The molecule has 0 unspecified atom stereocenters. The van der Waals surface area contributed by atoms with Gasteiger partial charge in [-0.25, -0.2) is 0 Å². The topological polar surface area (TPSA) is 35.6 Å². The maximum atomic E-state index is 10.5. The van der Waals surface area contributed by atoms with Gasteiger partial charge in [0.05, 0.1) is 12.1 Å². The van der Waals surface area contributed by atoms with Gasteiger partial charge < -0.3 is 0 Å². The molecule has 2 heterocycles. The molecule has 0 amide bonds. The Morgan fingerprint density at radius 3 is 3.11 bits per heavy atom. The van der Waals surface area contributed by atoms with Crippen molar-refractivity contribution in [2.24, 2.45) is 4.99 Å². The summed E-state index contributed by atoms with van der Waals surface area (Å²) in [4.78, 5) is 5.99. The van der Waals surface area contributed by atoms with Crippen molar-refractivity contribution >= 4 is 27.8 Å². The zero-order valence-electron chi connectivity index (χ0n) is 10.7. The standard InChI is InChI=1S/C14H17N2OS/c1-3-11-7-10-8-15-13-9(2)5-4-6-12(13)16(17)14(10)18-11/h5,7,17H,3-4,6,8H2,1-2H3/q+1. The van der Waals surface area contributed by atoms with E-state index in [2.05, 4.69) is 31.0 Å². The number of rotatable bonds is 1. The molecule has 0 atom stereocenters. The molecule has 2 aliphatic rings. The molecule has 0 bridgehead atoms. The number of allylic oxidation sites excluding steroid dienone is 2. The summed E-state index contributed by atoms with van der Waals surface area (Å²) in [7, 11) is 0. The lowest BCUT2D eigenvalue weighted by Crippen LogP contribution is -2.26. The van der Waals surface area contributed by atoms with Gasteiger partial charge in [-0.1, -0.05) is 24.3 Å². The average molecular weight is 261 g/mol. The number of hydrogen-bond donors (Lipinski definition) is 1. The highest BCUT2D eigenvalue weighted by molar-refractivity contribution is 7.15. The van der Waals surface area contributed by atoms with E-state index < -0.39 is 0 Å². The molecule has 0 aromatic carbocycles. The number of thiophene rings is 1. The molecule has 0 radical (unpaired) electrons. The van der Waals surface area contributed by atoms with Crippen molar-refractivity contribution in [1.82, 2.24) is 0 Å². The van der Waals surface area contributed by atoms with Crippen LogP contribution >= 0.6 is 11.3 Å². The highest BCUT2D eigenvalue weighted by Gasteiger charge is 2.32. The van der Waals surface area contributed by atoms with Gasteiger partial charge >= 0.3 is 5.00 Å². The fourth-order valence-electron chi connectivity index (χ4n) is 2.52. The second-order valence-corrected chi connectivity index (χ2v) is 5.86. The average Bonchev–Trinajstić information content (AvgIpc) is 2.74. The Hall–Kier alpha value is -1.42. The van der Waals surface area contributed by atoms with Crippen molar-refractivity contribution in [3.63, 3.8) is 0 Å². The smallest absolute Gasteiger partial charge is 0.283 e. The number of aryl methyl sites for hydroxylation is 1. The van der Waals surface area contributed by atoms with Crippen LogP contribution in [0, 0.1) is 0 Å². The van der Waals surface area contributed by atoms with Gasteiger partial charge in [-0.3, -0.25) is 10.2 Å². The predicted molar refractivity (Wildman–Crippen MR) is 74.5 cm³/mol. The Labute approximate surface area is 111 Å². The molecule has 0 fully saturated rings. The number of nitrogens with zero attached hydrogens (tertiary/aromatic N) is 2. The summed E-state index contributed by atoms with van der Waals surface area (Å²) in [6.45, 7) is 4.89. The van der Waals surface area contributed by atoms with Crippen molar-refractivity contribution in [3.8, 4) is 0 Å². The largest absolute Gasteiger partial charge is 0.317 e. The van der Waals surface area contributed by atoms with E-state index in [1.807, 2.05) is 0 Å². The molecular weight excluding hydrogens is 244 g/mol. The van der Waals surface area contributed by atoms with E-state index in [1.54, 1.807) is 11.3 Å². The van der Waals surface area contributed by atoms with Crippen LogP contribution in [0.2, 0.25) is 0 Å². The molecule has 4 heteroatoms. The van der Waals surface area contributed by atoms with Gasteiger partial charge in [0.2, 0.25) is 0 Å². The van der Waals surface area contributed by atoms with Crippen LogP contribution in [-0.4, -0.2) is 21.4 Å². The minimum Gasteiger partial charge on any atom is -0.283 e. The van der Waals surface area contributed by atoms with Gasteiger partial charge in [0, 0.05) is 16.0 Å². The zero-order chi connectivity index (χ0) is 12.7. The molecule has 1 aliphatic carbocycles. The van der Waals surface area contributed by atoms with Crippen LogP contribution in [0.15, 0.2) is 22.7 Å².